The Labute approximate surface area is 126 Å². The van der Waals surface area contributed by atoms with Gasteiger partial charge in [-0.2, -0.15) is 0 Å². The minimum absolute atomic E-state index is 0.106. The molecule has 0 aromatic rings. The van der Waals surface area contributed by atoms with Crippen LogP contribution in [-0.2, 0) is 14.3 Å². The highest BCUT2D eigenvalue weighted by molar-refractivity contribution is 5.83. The van der Waals surface area contributed by atoms with Crippen LogP contribution >= 0.6 is 0 Å². The smallest absolute Gasteiger partial charge is 0.230 e. The van der Waals surface area contributed by atoms with Crippen molar-refractivity contribution in [3.8, 4) is 0 Å². The van der Waals surface area contributed by atoms with E-state index in [9.17, 15) is 9.59 Å². The number of carbonyl (C=O) groups is 2. The average Bonchev–Trinajstić information content (AvgIpc) is 2.99. The second-order valence-corrected chi connectivity index (χ2v) is 7.11. The molecule has 0 bridgehead atoms. The molecule has 1 saturated carbocycles. The minimum Gasteiger partial charge on any atom is -0.379 e. The second kappa shape index (κ2) is 5.95. The van der Waals surface area contributed by atoms with Gasteiger partial charge in [-0.1, -0.05) is 12.8 Å². The van der Waals surface area contributed by atoms with E-state index in [1.807, 2.05) is 11.8 Å². The Kier molecular flexibility index (Phi) is 4.20. The Morgan fingerprint density at radius 1 is 1.10 bits per heavy atom. The van der Waals surface area contributed by atoms with Crippen molar-refractivity contribution in [2.45, 2.75) is 51.5 Å². The molecule has 0 aromatic carbocycles. The Morgan fingerprint density at radius 2 is 1.71 bits per heavy atom. The van der Waals surface area contributed by atoms with Crippen molar-refractivity contribution in [1.82, 2.24) is 10.2 Å². The zero-order valence-corrected chi connectivity index (χ0v) is 12.9. The lowest BCUT2D eigenvalue weighted by atomic mass is 9.87. The summed E-state index contributed by atoms with van der Waals surface area (Å²) < 4.78 is 5.14. The maximum Gasteiger partial charge on any atom is 0.230 e. The second-order valence-electron chi connectivity index (χ2n) is 7.11. The Morgan fingerprint density at radius 3 is 2.24 bits per heavy atom. The van der Waals surface area contributed by atoms with Gasteiger partial charge in [0.05, 0.1) is 18.6 Å². The molecule has 1 N–H and O–H groups in total. The van der Waals surface area contributed by atoms with E-state index in [2.05, 4.69) is 5.32 Å². The monoisotopic (exact) mass is 294 g/mol. The number of carbonyl (C=O) groups excluding carboxylic acids is 2. The SMILES string of the molecule is CC1(C(=O)NC2CCN(C(=O)C3CCCC3)CC2)COC1. The lowest BCUT2D eigenvalue weighted by molar-refractivity contribution is -0.158. The molecule has 21 heavy (non-hydrogen) atoms. The zero-order chi connectivity index (χ0) is 14.9. The van der Waals surface area contributed by atoms with Crippen LogP contribution in [0.2, 0.25) is 0 Å². The van der Waals surface area contributed by atoms with Gasteiger partial charge in [-0.3, -0.25) is 9.59 Å². The molecule has 2 heterocycles. The van der Waals surface area contributed by atoms with Crippen LogP contribution in [0.3, 0.4) is 0 Å². The molecule has 3 rings (SSSR count). The van der Waals surface area contributed by atoms with Gasteiger partial charge in [-0.15, -0.1) is 0 Å². The molecule has 118 valence electrons. The van der Waals surface area contributed by atoms with E-state index >= 15 is 0 Å². The third-order valence-electron chi connectivity index (χ3n) is 5.24. The van der Waals surface area contributed by atoms with Crippen LogP contribution in [0.1, 0.15) is 45.4 Å². The van der Waals surface area contributed by atoms with Crippen molar-refractivity contribution in [1.29, 1.82) is 0 Å². The first kappa shape index (κ1) is 14.8. The molecule has 2 aliphatic heterocycles. The van der Waals surface area contributed by atoms with Crippen molar-refractivity contribution in [3.05, 3.63) is 0 Å². The molecule has 0 spiro atoms. The molecular formula is C16H26N2O3. The fourth-order valence-corrected chi connectivity index (χ4v) is 3.57. The van der Waals surface area contributed by atoms with Gasteiger partial charge >= 0.3 is 0 Å². The van der Waals surface area contributed by atoms with Gasteiger partial charge in [-0.05, 0) is 32.6 Å². The molecule has 0 unspecified atom stereocenters. The van der Waals surface area contributed by atoms with Gasteiger partial charge in [-0.25, -0.2) is 0 Å². The van der Waals surface area contributed by atoms with Crippen LogP contribution in [0.4, 0.5) is 0 Å². The summed E-state index contributed by atoms with van der Waals surface area (Å²) in [6.07, 6.45) is 6.27. The molecule has 2 saturated heterocycles. The maximum absolute atomic E-state index is 12.4. The lowest BCUT2D eigenvalue weighted by Gasteiger charge is -2.39. The summed E-state index contributed by atoms with van der Waals surface area (Å²) in [5, 5.41) is 3.13. The molecule has 3 aliphatic rings. The van der Waals surface area contributed by atoms with E-state index in [0.29, 0.717) is 19.1 Å². The summed E-state index contributed by atoms with van der Waals surface area (Å²) in [5.74, 6) is 0.716. The van der Waals surface area contributed by atoms with E-state index in [4.69, 9.17) is 4.74 Å². The highest BCUT2D eigenvalue weighted by atomic mass is 16.5. The van der Waals surface area contributed by atoms with Crippen molar-refractivity contribution >= 4 is 11.8 Å². The predicted molar refractivity (Wildman–Crippen MR) is 78.6 cm³/mol. The number of hydrogen-bond donors (Lipinski definition) is 1. The molecule has 5 heteroatoms. The van der Waals surface area contributed by atoms with E-state index < -0.39 is 0 Å². The van der Waals surface area contributed by atoms with E-state index in [1.165, 1.54) is 12.8 Å². The number of amides is 2. The number of rotatable bonds is 3. The third-order valence-corrected chi connectivity index (χ3v) is 5.24. The van der Waals surface area contributed by atoms with Crippen molar-refractivity contribution in [2.75, 3.05) is 26.3 Å². The number of ether oxygens (including phenoxy) is 1. The summed E-state index contributed by atoms with van der Waals surface area (Å²) in [4.78, 5) is 26.5. The zero-order valence-electron chi connectivity index (χ0n) is 12.9. The molecule has 1 aliphatic carbocycles. The van der Waals surface area contributed by atoms with E-state index in [0.717, 1.165) is 38.8 Å². The molecule has 5 nitrogen and oxygen atoms in total. The van der Waals surface area contributed by atoms with Crippen molar-refractivity contribution < 1.29 is 14.3 Å². The maximum atomic E-state index is 12.4. The van der Waals surface area contributed by atoms with Gasteiger partial charge < -0.3 is 15.0 Å². The summed E-state index contributed by atoms with van der Waals surface area (Å²) in [5.41, 5.74) is -0.337. The summed E-state index contributed by atoms with van der Waals surface area (Å²) in [7, 11) is 0. The van der Waals surface area contributed by atoms with Crippen LogP contribution < -0.4 is 5.32 Å². The highest BCUT2D eigenvalue weighted by Gasteiger charge is 2.42. The first-order chi connectivity index (χ1) is 10.1. The lowest BCUT2D eigenvalue weighted by Crippen LogP contribution is -2.56. The number of nitrogens with one attached hydrogen (secondary N) is 1. The quantitative estimate of drug-likeness (QED) is 0.854. The van der Waals surface area contributed by atoms with E-state index in [1.54, 1.807) is 0 Å². The highest BCUT2D eigenvalue weighted by Crippen LogP contribution is 2.29. The minimum atomic E-state index is -0.337. The van der Waals surface area contributed by atoms with Crippen molar-refractivity contribution in [3.63, 3.8) is 0 Å². The number of nitrogens with zero attached hydrogens (tertiary/aromatic N) is 1. The molecule has 0 atom stereocenters. The Bertz CT molecular complexity index is 406. The van der Waals surface area contributed by atoms with Gasteiger partial charge in [0.2, 0.25) is 11.8 Å². The summed E-state index contributed by atoms with van der Waals surface area (Å²) >= 11 is 0. The van der Waals surface area contributed by atoms with Crippen molar-refractivity contribution in [2.24, 2.45) is 11.3 Å². The number of likely N-dealkylation sites (tertiary alicyclic amines) is 1. The standard InChI is InChI=1S/C16H26N2O3/c1-16(10-21-11-16)15(20)17-13-6-8-18(9-7-13)14(19)12-4-2-3-5-12/h12-13H,2-11H2,1H3,(H,17,20). The van der Waals surface area contributed by atoms with Gasteiger partial charge in [0.15, 0.2) is 0 Å². The topological polar surface area (TPSA) is 58.6 Å². The van der Waals surface area contributed by atoms with Gasteiger partial charge in [0.1, 0.15) is 0 Å². The predicted octanol–water partition coefficient (Wildman–Crippen LogP) is 1.32. The first-order valence-corrected chi connectivity index (χ1v) is 8.26. The summed E-state index contributed by atoms with van der Waals surface area (Å²) in [6, 6.07) is 0.211. The van der Waals surface area contributed by atoms with Crippen LogP contribution in [0.5, 0.6) is 0 Å². The molecule has 0 aromatic heterocycles. The first-order valence-electron chi connectivity index (χ1n) is 8.26. The molecular weight excluding hydrogens is 268 g/mol. The number of hydrogen-bond acceptors (Lipinski definition) is 3. The molecule has 0 radical (unpaired) electrons. The average molecular weight is 294 g/mol. The van der Waals surface area contributed by atoms with E-state index in [-0.39, 0.29) is 23.3 Å². The Hall–Kier alpha value is -1.10. The van der Waals surface area contributed by atoms with Crippen LogP contribution in [0.15, 0.2) is 0 Å². The van der Waals surface area contributed by atoms with Crippen LogP contribution in [0, 0.1) is 11.3 Å². The normalized spacial score (nSPS) is 26.4. The van der Waals surface area contributed by atoms with Gasteiger partial charge in [0, 0.05) is 25.0 Å². The van der Waals surface area contributed by atoms with Crippen LogP contribution in [-0.4, -0.2) is 49.1 Å². The molecule has 3 fully saturated rings. The fraction of sp³-hybridized carbons (Fsp3) is 0.875. The summed E-state index contributed by atoms with van der Waals surface area (Å²) in [6.45, 7) is 4.57. The molecule has 2 amide bonds. The fourth-order valence-electron chi connectivity index (χ4n) is 3.57. The number of piperidine rings is 1. The third kappa shape index (κ3) is 3.07. The van der Waals surface area contributed by atoms with Gasteiger partial charge in [0.25, 0.3) is 0 Å². The largest absolute Gasteiger partial charge is 0.379 e. The van der Waals surface area contributed by atoms with Crippen LogP contribution in [0.25, 0.3) is 0 Å². The Balaban J connectivity index is 1.44.